The highest BCUT2D eigenvalue weighted by Gasteiger charge is 2.29. The van der Waals surface area contributed by atoms with Crippen LogP contribution in [-0.4, -0.2) is 7.11 Å². The molecule has 0 aliphatic heterocycles. The minimum absolute atomic E-state index is 0.600. The molecule has 0 radical (unpaired) electrons. The minimum atomic E-state index is 0.600. The Morgan fingerprint density at radius 1 is 0.759 bits per heavy atom. The molecule has 5 rings (SSSR count). The highest BCUT2D eigenvalue weighted by molar-refractivity contribution is 6.12. The van der Waals surface area contributed by atoms with Gasteiger partial charge in [-0.3, -0.25) is 0 Å². The van der Waals surface area contributed by atoms with Crippen LogP contribution in [0.25, 0.3) is 44.3 Å². The van der Waals surface area contributed by atoms with Crippen LogP contribution in [0.5, 0.6) is 0 Å². The number of rotatable bonds is 2. The van der Waals surface area contributed by atoms with E-state index in [1.807, 2.05) is 0 Å². The fourth-order valence-electron chi connectivity index (χ4n) is 4.91. The Bertz CT molecular complexity index is 1300. The van der Waals surface area contributed by atoms with E-state index in [0.29, 0.717) is 6.61 Å². The maximum absolute atomic E-state index is 5.64. The molecule has 144 valence electrons. The third-order valence-corrected chi connectivity index (χ3v) is 6.04. The summed E-state index contributed by atoms with van der Waals surface area (Å²) in [5, 5.41) is 2.61. The molecule has 0 fully saturated rings. The summed E-state index contributed by atoms with van der Waals surface area (Å²) in [5.74, 6) is 0. The van der Waals surface area contributed by atoms with Crippen molar-refractivity contribution in [2.75, 3.05) is 7.11 Å². The standard InChI is InChI=1S/C27H26NO/c1-16-6-7-21-22(12-16)24-14-18(3)11-20(15-29-5)26(24)27-25-19(8-9-28(27)4)10-17(2)13-23(21)25/h6-14H,15H2,1-5H3/q+1. The molecule has 1 aliphatic carbocycles. The lowest BCUT2D eigenvalue weighted by Gasteiger charge is -2.15. The van der Waals surface area contributed by atoms with Crippen LogP contribution in [0.15, 0.2) is 54.7 Å². The van der Waals surface area contributed by atoms with Crippen LogP contribution in [0.2, 0.25) is 0 Å². The maximum Gasteiger partial charge on any atom is 0.221 e. The average Bonchev–Trinajstić information content (AvgIpc) is 2.79. The fourth-order valence-corrected chi connectivity index (χ4v) is 4.91. The summed E-state index contributed by atoms with van der Waals surface area (Å²) in [4.78, 5) is 0. The Labute approximate surface area is 172 Å². The quantitative estimate of drug-likeness (QED) is 0.340. The van der Waals surface area contributed by atoms with Gasteiger partial charge in [0.25, 0.3) is 0 Å². The molecule has 1 heterocycles. The summed E-state index contributed by atoms with van der Waals surface area (Å²) < 4.78 is 7.91. The summed E-state index contributed by atoms with van der Waals surface area (Å²) in [6, 6.07) is 18.3. The monoisotopic (exact) mass is 380 g/mol. The summed E-state index contributed by atoms with van der Waals surface area (Å²) in [6.45, 7) is 7.14. The Balaban J connectivity index is 2.09. The van der Waals surface area contributed by atoms with Gasteiger partial charge in [0.2, 0.25) is 5.69 Å². The molecule has 0 bridgehead atoms. The van der Waals surface area contributed by atoms with Gasteiger partial charge >= 0.3 is 0 Å². The van der Waals surface area contributed by atoms with E-state index in [1.165, 1.54) is 66.5 Å². The minimum Gasteiger partial charge on any atom is -0.380 e. The Morgan fingerprint density at radius 2 is 1.48 bits per heavy atom. The van der Waals surface area contributed by atoms with Crippen molar-refractivity contribution in [2.45, 2.75) is 27.4 Å². The van der Waals surface area contributed by atoms with Crippen LogP contribution >= 0.6 is 0 Å². The van der Waals surface area contributed by atoms with Crippen LogP contribution in [0.1, 0.15) is 22.3 Å². The molecule has 2 nitrogen and oxygen atoms in total. The lowest BCUT2D eigenvalue weighted by Crippen LogP contribution is -2.31. The topological polar surface area (TPSA) is 13.1 Å². The van der Waals surface area contributed by atoms with Crippen LogP contribution in [0.3, 0.4) is 0 Å². The van der Waals surface area contributed by atoms with Crippen molar-refractivity contribution in [3.8, 4) is 33.5 Å². The molecule has 0 N–H and O–H groups in total. The number of benzene rings is 3. The Kier molecular flexibility index (Phi) is 4.07. The third kappa shape index (κ3) is 2.71. The van der Waals surface area contributed by atoms with Gasteiger partial charge < -0.3 is 4.74 Å². The van der Waals surface area contributed by atoms with E-state index in [-0.39, 0.29) is 0 Å². The first-order valence-corrected chi connectivity index (χ1v) is 10.1. The fraction of sp³-hybridized carbons (Fsp3) is 0.222. The molecule has 0 unspecified atom stereocenters. The number of fused-ring (bicyclic) bond motifs is 5. The number of pyridine rings is 1. The maximum atomic E-state index is 5.64. The molecule has 2 heteroatoms. The van der Waals surface area contributed by atoms with Gasteiger partial charge in [-0.15, -0.1) is 0 Å². The van der Waals surface area contributed by atoms with Crippen molar-refractivity contribution in [1.29, 1.82) is 0 Å². The van der Waals surface area contributed by atoms with E-state index >= 15 is 0 Å². The number of methoxy groups -OCH3 is 1. The van der Waals surface area contributed by atoms with Gasteiger partial charge in [0.1, 0.15) is 7.05 Å². The lowest BCUT2D eigenvalue weighted by molar-refractivity contribution is -0.659. The number of aromatic nitrogens is 1. The molecule has 1 aliphatic rings. The zero-order chi connectivity index (χ0) is 20.3. The van der Waals surface area contributed by atoms with E-state index in [4.69, 9.17) is 4.74 Å². The zero-order valence-corrected chi connectivity index (χ0v) is 17.8. The largest absolute Gasteiger partial charge is 0.380 e. The molecule has 0 spiro atoms. The van der Waals surface area contributed by atoms with Crippen molar-refractivity contribution < 1.29 is 9.30 Å². The first kappa shape index (κ1) is 18.1. The van der Waals surface area contributed by atoms with E-state index < -0.39 is 0 Å². The van der Waals surface area contributed by atoms with E-state index in [1.54, 1.807) is 7.11 Å². The van der Waals surface area contributed by atoms with Gasteiger partial charge in [-0.1, -0.05) is 53.6 Å². The first-order chi connectivity index (χ1) is 14.0. The van der Waals surface area contributed by atoms with Crippen molar-refractivity contribution in [1.82, 2.24) is 0 Å². The van der Waals surface area contributed by atoms with E-state index in [0.717, 1.165) is 0 Å². The molecular weight excluding hydrogens is 354 g/mol. The second-order valence-electron chi connectivity index (χ2n) is 8.38. The van der Waals surface area contributed by atoms with Crippen LogP contribution in [0, 0.1) is 20.8 Å². The smallest absolute Gasteiger partial charge is 0.221 e. The van der Waals surface area contributed by atoms with Crippen LogP contribution in [0.4, 0.5) is 0 Å². The Morgan fingerprint density at radius 3 is 2.28 bits per heavy atom. The summed E-state index contributed by atoms with van der Waals surface area (Å²) in [7, 11) is 3.93. The van der Waals surface area contributed by atoms with Crippen LogP contribution in [-0.2, 0) is 18.4 Å². The summed E-state index contributed by atoms with van der Waals surface area (Å²) in [6.07, 6.45) is 2.18. The van der Waals surface area contributed by atoms with Gasteiger partial charge in [-0.25, -0.2) is 4.57 Å². The molecule has 0 atom stereocenters. The molecule has 0 saturated carbocycles. The number of ether oxygens (including phenoxy) is 1. The van der Waals surface area contributed by atoms with Crippen LogP contribution < -0.4 is 4.57 Å². The number of hydrogen-bond acceptors (Lipinski definition) is 1. The average molecular weight is 381 g/mol. The van der Waals surface area contributed by atoms with Gasteiger partial charge in [0.15, 0.2) is 6.20 Å². The van der Waals surface area contributed by atoms with E-state index in [2.05, 4.69) is 87.1 Å². The Hall–Kier alpha value is -2.97. The number of aryl methyl sites for hydroxylation is 4. The van der Waals surface area contributed by atoms with Gasteiger partial charge in [-0.05, 0) is 59.5 Å². The van der Waals surface area contributed by atoms with Crippen molar-refractivity contribution in [2.24, 2.45) is 7.05 Å². The van der Waals surface area contributed by atoms with Crippen molar-refractivity contribution in [3.05, 3.63) is 77.0 Å². The summed E-state index contributed by atoms with van der Waals surface area (Å²) in [5.41, 5.74) is 12.9. The molecule has 0 amide bonds. The summed E-state index contributed by atoms with van der Waals surface area (Å²) >= 11 is 0. The number of nitrogens with zero attached hydrogens (tertiary/aromatic N) is 1. The lowest BCUT2D eigenvalue weighted by atomic mass is 9.89. The van der Waals surface area contributed by atoms with Gasteiger partial charge in [0.05, 0.1) is 17.6 Å². The predicted octanol–water partition coefficient (Wildman–Crippen LogP) is 6.05. The molecular formula is C27H26NO+. The second-order valence-corrected chi connectivity index (χ2v) is 8.38. The first-order valence-electron chi connectivity index (χ1n) is 10.1. The highest BCUT2D eigenvalue weighted by Crippen LogP contribution is 2.48. The molecule has 29 heavy (non-hydrogen) atoms. The van der Waals surface area contributed by atoms with E-state index in [9.17, 15) is 0 Å². The SMILES string of the molecule is COCc1cc(C)cc2c1-c1c3c(cc(C)cc3cc[n+]1C)-c1ccc(C)cc1-2. The molecule has 4 aromatic rings. The van der Waals surface area contributed by atoms with Crippen molar-refractivity contribution >= 4 is 10.8 Å². The van der Waals surface area contributed by atoms with Gasteiger partial charge in [-0.2, -0.15) is 0 Å². The molecule has 0 saturated heterocycles. The predicted molar refractivity (Wildman–Crippen MR) is 120 cm³/mol. The molecule has 1 aromatic heterocycles. The van der Waals surface area contributed by atoms with Gasteiger partial charge in [0, 0.05) is 13.2 Å². The van der Waals surface area contributed by atoms with Crippen molar-refractivity contribution in [3.63, 3.8) is 0 Å². The second kappa shape index (κ2) is 6.53. The zero-order valence-electron chi connectivity index (χ0n) is 17.8. The normalized spacial score (nSPS) is 11.9. The number of hydrogen-bond donors (Lipinski definition) is 0. The third-order valence-electron chi connectivity index (χ3n) is 6.04. The highest BCUT2D eigenvalue weighted by atomic mass is 16.5. The molecule has 3 aromatic carbocycles.